The Morgan fingerprint density at radius 2 is 0.571 bits per heavy atom. The second kappa shape index (κ2) is 13.2. The van der Waals surface area contributed by atoms with Gasteiger partial charge < -0.3 is 32.9 Å². The number of nitrogens with zero attached hydrogens (tertiary/aromatic N) is 2. The van der Waals surface area contributed by atoms with E-state index in [1.807, 2.05) is 52.0 Å². The van der Waals surface area contributed by atoms with Gasteiger partial charge in [0.15, 0.2) is 0 Å². The van der Waals surface area contributed by atoms with E-state index in [1.165, 1.54) is 0 Å². The van der Waals surface area contributed by atoms with Crippen molar-refractivity contribution >= 4 is 69.1 Å². The predicted octanol–water partition coefficient (Wildman–Crippen LogP) is 10.9. The molecule has 3 aromatic heterocycles. The number of hydrogen-bond donors (Lipinski definition) is 6. The van der Waals surface area contributed by atoms with Gasteiger partial charge in [0.25, 0.3) is 0 Å². The smallest absolute Gasteiger partial charge is 0.0737 e. The molecule has 0 saturated carbocycles. The molecule has 0 spiro atoms. The highest BCUT2D eigenvalue weighted by Gasteiger charge is 2.20. The summed E-state index contributed by atoms with van der Waals surface area (Å²) in [5.41, 5.74) is 47.2. The Kier molecular flexibility index (Phi) is 8.13. The van der Waals surface area contributed by atoms with Crippen LogP contribution in [0.5, 0.6) is 0 Å². The first kappa shape index (κ1) is 34.4. The molecule has 0 aliphatic carbocycles. The van der Waals surface area contributed by atoms with E-state index in [0.29, 0.717) is 22.7 Å². The highest BCUT2D eigenvalue weighted by Crippen LogP contribution is 2.40. The molecule has 8 bridgehead atoms. The maximum Gasteiger partial charge on any atom is 0.0737 e. The van der Waals surface area contributed by atoms with Crippen LogP contribution in [-0.2, 0) is 0 Å². The molecule has 4 aromatic carbocycles. The number of aromatic nitrogens is 4. The monoisotopic (exact) mass is 730 g/mol. The minimum absolute atomic E-state index is 0.709. The van der Waals surface area contributed by atoms with Gasteiger partial charge in [0.1, 0.15) is 0 Å². The lowest BCUT2D eigenvalue weighted by Gasteiger charge is -2.09. The highest BCUT2D eigenvalue weighted by atomic mass is 14.8. The van der Waals surface area contributed by atoms with Crippen molar-refractivity contribution in [3.05, 3.63) is 142 Å². The van der Waals surface area contributed by atoms with Crippen molar-refractivity contribution in [1.29, 1.82) is 0 Å². The molecule has 5 heterocycles. The zero-order valence-corrected chi connectivity index (χ0v) is 31.8. The number of hydrogen-bond acceptors (Lipinski definition) is 6. The second-order valence-electron chi connectivity index (χ2n) is 14.8. The summed E-state index contributed by atoms with van der Waals surface area (Å²) in [6, 6.07) is 33.1. The molecule has 8 heteroatoms. The number of anilines is 4. The van der Waals surface area contributed by atoms with Gasteiger partial charge in [0, 0.05) is 67.1 Å². The average molecular weight is 731 g/mol. The molecule has 0 unspecified atom stereocenters. The minimum Gasteiger partial charge on any atom is -0.398 e. The van der Waals surface area contributed by atoms with Crippen LogP contribution in [0.3, 0.4) is 0 Å². The molecule has 2 aliphatic heterocycles. The van der Waals surface area contributed by atoms with Gasteiger partial charge in [0.05, 0.1) is 22.8 Å². The van der Waals surface area contributed by atoms with Crippen LogP contribution >= 0.6 is 0 Å². The second-order valence-corrected chi connectivity index (χ2v) is 14.8. The SMILES string of the molecule is Cc1ccc(-c2c3nc(c(-c4ccc(C)c(N)c4)c4ccc([nH]4)c(-c4ccc(C)c(N)c4)c4nc(c(-c5ccc(C)c(N)c5)c5ccc2[nH]5)C=C4)C=C3)cc1N. The lowest BCUT2D eigenvalue weighted by Crippen LogP contribution is -1.94. The Bertz CT molecular complexity index is 2620. The topological polar surface area (TPSA) is 161 Å². The number of rotatable bonds is 4. The maximum absolute atomic E-state index is 6.55. The molecule has 0 atom stereocenters. The summed E-state index contributed by atoms with van der Waals surface area (Å²) in [6.45, 7) is 8.05. The van der Waals surface area contributed by atoms with Gasteiger partial charge in [-0.25, -0.2) is 9.97 Å². The summed E-state index contributed by atoms with van der Waals surface area (Å²) in [7, 11) is 0. The number of benzene rings is 4. The van der Waals surface area contributed by atoms with Crippen LogP contribution < -0.4 is 22.9 Å². The molecule has 56 heavy (non-hydrogen) atoms. The fraction of sp³-hybridized carbons (Fsp3) is 0.0833. The number of aryl methyl sites for hydroxylation is 4. The molecule has 9 rings (SSSR count). The number of nitrogen functional groups attached to an aromatic ring is 4. The van der Waals surface area contributed by atoms with Crippen molar-refractivity contribution in [3.8, 4) is 44.5 Å². The molecule has 0 amide bonds. The number of H-pyrrole nitrogens is 2. The summed E-state index contributed by atoms with van der Waals surface area (Å²) in [4.78, 5) is 18.3. The number of nitrogens with one attached hydrogen (secondary N) is 2. The van der Waals surface area contributed by atoms with Crippen molar-refractivity contribution in [3.63, 3.8) is 0 Å². The minimum atomic E-state index is 0.709. The molecule has 7 aromatic rings. The highest BCUT2D eigenvalue weighted by molar-refractivity contribution is 6.00. The van der Waals surface area contributed by atoms with Crippen LogP contribution in [0.2, 0.25) is 0 Å². The zero-order chi connectivity index (χ0) is 38.8. The molecule has 0 radical (unpaired) electrons. The fourth-order valence-corrected chi connectivity index (χ4v) is 7.60. The first-order valence-corrected chi connectivity index (χ1v) is 18.6. The molecular formula is C48H42N8. The van der Waals surface area contributed by atoms with Gasteiger partial charge >= 0.3 is 0 Å². The Balaban J connectivity index is 1.48. The molecule has 10 N–H and O–H groups in total. The van der Waals surface area contributed by atoms with Gasteiger partial charge in [-0.15, -0.1) is 0 Å². The lowest BCUT2D eigenvalue weighted by molar-refractivity contribution is 1.31. The summed E-state index contributed by atoms with van der Waals surface area (Å²) in [5, 5.41) is 0. The fourth-order valence-electron chi connectivity index (χ4n) is 7.60. The summed E-state index contributed by atoms with van der Waals surface area (Å²) in [5.74, 6) is 0. The Labute approximate surface area is 325 Å². The first-order chi connectivity index (χ1) is 27.0. The summed E-state index contributed by atoms with van der Waals surface area (Å²) < 4.78 is 0. The van der Waals surface area contributed by atoms with Crippen LogP contribution in [0.1, 0.15) is 45.0 Å². The third-order valence-corrected chi connectivity index (χ3v) is 11.0. The standard InChI is InChI=1S/C48H42N8/c1-25-5-9-29(21-33(25)49)45-37-13-15-39(53-37)46(30-10-6-26(2)34(50)22-30)41-17-19-43(55-41)48(32-12-8-28(4)36(52)24-32)44-20-18-42(56-44)47(40-16-14-38(45)54-40)31-11-7-27(3)35(51)23-31/h5-24,53,56H,49-52H2,1-4H3. The zero-order valence-electron chi connectivity index (χ0n) is 31.8. The molecule has 0 fully saturated rings. The van der Waals surface area contributed by atoms with E-state index in [0.717, 1.165) is 112 Å². The Morgan fingerprint density at radius 3 is 0.786 bits per heavy atom. The van der Waals surface area contributed by atoms with E-state index in [-0.39, 0.29) is 0 Å². The van der Waals surface area contributed by atoms with Crippen molar-refractivity contribution in [2.45, 2.75) is 27.7 Å². The summed E-state index contributed by atoms with van der Waals surface area (Å²) >= 11 is 0. The average Bonchev–Trinajstić information content (AvgIpc) is 4.02. The van der Waals surface area contributed by atoms with E-state index in [2.05, 4.69) is 107 Å². The van der Waals surface area contributed by atoms with Crippen LogP contribution in [0.25, 0.3) is 90.9 Å². The molecule has 8 nitrogen and oxygen atoms in total. The maximum atomic E-state index is 6.55. The van der Waals surface area contributed by atoms with Gasteiger partial charge in [0.2, 0.25) is 0 Å². The van der Waals surface area contributed by atoms with E-state index < -0.39 is 0 Å². The van der Waals surface area contributed by atoms with Crippen molar-refractivity contribution in [2.24, 2.45) is 0 Å². The van der Waals surface area contributed by atoms with Crippen LogP contribution in [-0.4, -0.2) is 19.9 Å². The Hall–Kier alpha value is -7.32. The number of aromatic amines is 2. The number of nitrogens with two attached hydrogens (primary N) is 4. The van der Waals surface area contributed by atoms with Crippen molar-refractivity contribution in [2.75, 3.05) is 22.9 Å². The van der Waals surface area contributed by atoms with Crippen molar-refractivity contribution in [1.82, 2.24) is 19.9 Å². The lowest BCUT2D eigenvalue weighted by atomic mass is 10.0. The van der Waals surface area contributed by atoms with E-state index >= 15 is 0 Å². The first-order valence-electron chi connectivity index (χ1n) is 18.6. The summed E-state index contributed by atoms with van der Waals surface area (Å²) in [6.07, 6.45) is 8.29. The molecule has 2 aliphatic rings. The third kappa shape index (κ3) is 5.88. The van der Waals surface area contributed by atoms with Gasteiger partial charge in [-0.2, -0.15) is 0 Å². The normalized spacial score (nSPS) is 12.1. The molecule has 0 saturated heterocycles. The quantitative estimate of drug-likeness (QED) is 0.0988. The van der Waals surface area contributed by atoms with Gasteiger partial charge in [-0.1, -0.05) is 48.5 Å². The third-order valence-electron chi connectivity index (χ3n) is 11.0. The van der Waals surface area contributed by atoms with Crippen LogP contribution in [0.4, 0.5) is 22.7 Å². The van der Waals surface area contributed by atoms with Crippen molar-refractivity contribution < 1.29 is 0 Å². The largest absolute Gasteiger partial charge is 0.398 e. The number of fused-ring (bicyclic) bond motifs is 8. The van der Waals surface area contributed by atoms with E-state index in [4.69, 9.17) is 32.9 Å². The van der Waals surface area contributed by atoms with E-state index in [9.17, 15) is 0 Å². The van der Waals surface area contributed by atoms with Gasteiger partial charge in [-0.3, -0.25) is 0 Å². The van der Waals surface area contributed by atoms with Gasteiger partial charge in [-0.05, 0) is 145 Å². The Morgan fingerprint density at radius 1 is 0.339 bits per heavy atom. The van der Waals surface area contributed by atoms with Crippen LogP contribution in [0, 0.1) is 27.7 Å². The predicted molar refractivity (Wildman–Crippen MR) is 237 cm³/mol. The van der Waals surface area contributed by atoms with E-state index in [1.54, 1.807) is 0 Å². The van der Waals surface area contributed by atoms with Crippen LogP contribution in [0.15, 0.2) is 97.1 Å². The molecular weight excluding hydrogens is 689 g/mol. The molecule has 274 valence electrons.